The first-order valence-electron chi connectivity index (χ1n) is 10.4. The summed E-state index contributed by atoms with van der Waals surface area (Å²) < 4.78 is 1.10. The van der Waals surface area contributed by atoms with Crippen LogP contribution in [-0.2, 0) is 4.79 Å². The predicted molar refractivity (Wildman–Crippen MR) is 104 cm³/mol. The molecule has 1 heterocycles. The lowest BCUT2D eigenvalue weighted by Gasteiger charge is -2.43. The summed E-state index contributed by atoms with van der Waals surface area (Å²) in [4.78, 5) is 14.5. The third-order valence-electron chi connectivity index (χ3n) is 5.72. The van der Waals surface area contributed by atoms with Gasteiger partial charge in [0.1, 0.15) is 0 Å². The number of amides is 1. The number of nitrogens with zero attached hydrogens (tertiary/aromatic N) is 2. The molecule has 0 N–H and O–H groups in total. The van der Waals surface area contributed by atoms with Crippen LogP contribution in [0.15, 0.2) is 12.7 Å². The highest BCUT2D eigenvalue weighted by Gasteiger charge is 2.31. The van der Waals surface area contributed by atoms with Gasteiger partial charge in [0.25, 0.3) is 0 Å². The van der Waals surface area contributed by atoms with Gasteiger partial charge in [0.2, 0.25) is 5.91 Å². The van der Waals surface area contributed by atoms with Gasteiger partial charge in [-0.15, -0.1) is 0 Å². The third kappa shape index (κ3) is 7.83. The van der Waals surface area contributed by atoms with Gasteiger partial charge in [0.05, 0.1) is 39.3 Å². The minimum absolute atomic E-state index is 0.380. The number of hydrogen-bond acceptors (Lipinski definition) is 1. The van der Waals surface area contributed by atoms with E-state index in [1.807, 2.05) is 6.08 Å². The van der Waals surface area contributed by atoms with Gasteiger partial charge in [-0.25, -0.2) is 0 Å². The van der Waals surface area contributed by atoms with E-state index in [4.69, 9.17) is 0 Å². The van der Waals surface area contributed by atoms with Crippen molar-refractivity contribution < 1.29 is 9.28 Å². The van der Waals surface area contributed by atoms with Crippen LogP contribution in [0.5, 0.6) is 0 Å². The minimum atomic E-state index is 0.380. The second-order valence-electron chi connectivity index (χ2n) is 7.54. The number of rotatable bonds is 13. The van der Waals surface area contributed by atoms with Crippen LogP contribution in [0.25, 0.3) is 0 Å². The summed E-state index contributed by atoms with van der Waals surface area (Å²) in [5.74, 6) is 0.380. The summed E-state index contributed by atoms with van der Waals surface area (Å²) in [6.45, 7) is 14.6. The second kappa shape index (κ2) is 12.5. The zero-order chi connectivity index (χ0) is 17.7. The lowest BCUT2D eigenvalue weighted by Crippen LogP contribution is -2.60. The summed E-state index contributed by atoms with van der Waals surface area (Å²) in [6, 6.07) is 0. The molecule has 0 bridgehead atoms. The Kier molecular flexibility index (Phi) is 11.1. The molecule has 0 spiro atoms. The topological polar surface area (TPSA) is 20.3 Å². The molecule has 0 unspecified atom stereocenters. The molecule has 1 fully saturated rings. The van der Waals surface area contributed by atoms with Crippen LogP contribution in [0.1, 0.15) is 78.1 Å². The summed E-state index contributed by atoms with van der Waals surface area (Å²) in [5, 5.41) is 0. The van der Waals surface area contributed by atoms with Crippen molar-refractivity contribution in [2.45, 2.75) is 78.1 Å². The van der Waals surface area contributed by atoms with Crippen LogP contribution in [0.3, 0.4) is 0 Å². The number of hydrogen-bond donors (Lipinski definition) is 0. The minimum Gasteiger partial charge on any atom is -0.331 e. The third-order valence-corrected chi connectivity index (χ3v) is 5.72. The van der Waals surface area contributed by atoms with Crippen molar-refractivity contribution in [2.24, 2.45) is 0 Å². The molecule has 1 rings (SSSR count). The highest BCUT2D eigenvalue weighted by atomic mass is 16.2. The Hall–Kier alpha value is -0.830. The summed E-state index contributed by atoms with van der Waals surface area (Å²) in [7, 11) is 0. The molecule has 1 saturated heterocycles. The van der Waals surface area contributed by atoms with Crippen LogP contribution < -0.4 is 0 Å². The second-order valence-corrected chi connectivity index (χ2v) is 7.54. The molecule has 0 aliphatic carbocycles. The standard InChI is InChI=1S/C21H41N2O/c1-4-7-8-9-10-11-12-13-14-15-21(24)22-16-19-23(6-3,18-5-2)20-17-22/h5H,2,4,6-20H2,1,3H3/q+1. The molecule has 24 heavy (non-hydrogen) atoms. The Morgan fingerprint density at radius 2 is 1.50 bits per heavy atom. The van der Waals surface area contributed by atoms with Gasteiger partial charge < -0.3 is 9.38 Å². The van der Waals surface area contributed by atoms with E-state index in [1.54, 1.807) is 0 Å². The molecule has 1 aliphatic heterocycles. The molecular formula is C21H41N2O+. The van der Waals surface area contributed by atoms with E-state index in [2.05, 4.69) is 25.3 Å². The van der Waals surface area contributed by atoms with E-state index in [9.17, 15) is 4.79 Å². The average molecular weight is 338 g/mol. The molecule has 0 atom stereocenters. The van der Waals surface area contributed by atoms with Crippen molar-refractivity contribution in [3.63, 3.8) is 0 Å². The van der Waals surface area contributed by atoms with Crippen LogP contribution in [0.2, 0.25) is 0 Å². The molecule has 0 aromatic rings. The Labute approximate surface area is 150 Å². The van der Waals surface area contributed by atoms with Gasteiger partial charge in [-0.05, 0) is 19.4 Å². The highest BCUT2D eigenvalue weighted by molar-refractivity contribution is 5.76. The van der Waals surface area contributed by atoms with Crippen LogP contribution in [0.4, 0.5) is 0 Å². The van der Waals surface area contributed by atoms with Crippen LogP contribution >= 0.6 is 0 Å². The van der Waals surface area contributed by atoms with Crippen molar-refractivity contribution in [3.8, 4) is 0 Å². The molecule has 0 radical (unpaired) electrons. The molecule has 0 saturated carbocycles. The average Bonchev–Trinajstić information content (AvgIpc) is 2.61. The maximum Gasteiger partial charge on any atom is 0.222 e. The number of unbranched alkanes of at least 4 members (excludes halogenated alkanes) is 8. The van der Waals surface area contributed by atoms with Gasteiger partial charge in [0, 0.05) is 6.42 Å². The highest BCUT2D eigenvalue weighted by Crippen LogP contribution is 2.15. The van der Waals surface area contributed by atoms with Gasteiger partial charge in [-0.2, -0.15) is 0 Å². The van der Waals surface area contributed by atoms with Gasteiger partial charge >= 0.3 is 0 Å². The van der Waals surface area contributed by atoms with Crippen molar-refractivity contribution in [3.05, 3.63) is 12.7 Å². The van der Waals surface area contributed by atoms with Gasteiger partial charge in [-0.3, -0.25) is 4.79 Å². The van der Waals surface area contributed by atoms with E-state index in [1.165, 1.54) is 51.4 Å². The SMILES string of the molecule is C=CC[N+]1(CC)CCN(C(=O)CCCCCCCCCCC)CC1. The number of quaternary nitrogens is 1. The largest absolute Gasteiger partial charge is 0.331 e. The van der Waals surface area contributed by atoms with E-state index in [0.717, 1.165) is 56.6 Å². The molecule has 1 aliphatic rings. The van der Waals surface area contributed by atoms with Crippen molar-refractivity contribution in [1.82, 2.24) is 4.90 Å². The van der Waals surface area contributed by atoms with E-state index < -0.39 is 0 Å². The fourth-order valence-corrected chi connectivity index (χ4v) is 3.79. The zero-order valence-corrected chi connectivity index (χ0v) is 16.4. The summed E-state index contributed by atoms with van der Waals surface area (Å²) in [6.07, 6.45) is 14.6. The number of carbonyl (C=O) groups is 1. The van der Waals surface area contributed by atoms with Gasteiger partial charge in [0.15, 0.2) is 0 Å². The molecule has 3 nitrogen and oxygen atoms in total. The molecule has 0 aromatic heterocycles. The first kappa shape index (κ1) is 21.2. The number of piperazine rings is 1. The Morgan fingerprint density at radius 1 is 0.958 bits per heavy atom. The van der Waals surface area contributed by atoms with Crippen LogP contribution in [0, 0.1) is 0 Å². The molecule has 0 aromatic carbocycles. The molecule has 1 amide bonds. The van der Waals surface area contributed by atoms with E-state index >= 15 is 0 Å². The summed E-state index contributed by atoms with van der Waals surface area (Å²) in [5.41, 5.74) is 0. The number of carbonyl (C=O) groups excluding carboxylic acids is 1. The zero-order valence-electron chi connectivity index (χ0n) is 16.4. The number of likely N-dealkylation sites (N-methyl/N-ethyl adjacent to an activating group) is 1. The quantitative estimate of drug-likeness (QED) is 0.269. The fourth-order valence-electron chi connectivity index (χ4n) is 3.79. The van der Waals surface area contributed by atoms with Crippen molar-refractivity contribution in [1.29, 1.82) is 0 Å². The maximum absolute atomic E-state index is 12.4. The first-order chi connectivity index (χ1) is 11.7. The van der Waals surface area contributed by atoms with Crippen molar-refractivity contribution >= 4 is 5.91 Å². The predicted octanol–water partition coefficient (Wildman–Crippen LogP) is 4.77. The molecular weight excluding hydrogens is 296 g/mol. The Balaban J connectivity index is 2.07. The maximum atomic E-state index is 12.4. The molecule has 140 valence electrons. The molecule has 3 heteroatoms. The Morgan fingerprint density at radius 3 is 2.00 bits per heavy atom. The normalized spacial score (nSPS) is 17.0. The fraction of sp³-hybridized carbons (Fsp3) is 0.857. The summed E-state index contributed by atoms with van der Waals surface area (Å²) >= 11 is 0. The van der Waals surface area contributed by atoms with Crippen LogP contribution in [-0.4, -0.2) is 54.6 Å². The monoisotopic (exact) mass is 337 g/mol. The first-order valence-corrected chi connectivity index (χ1v) is 10.4. The lowest BCUT2D eigenvalue weighted by molar-refractivity contribution is -0.924. The smallest absolute Gasteiger partial charge is 0.222 e. The van der Waals surface area contributed by atoms with Gasteiger partial charge in [-0.1, -0.05) is 64.9 Å². The van der Waals surface area contributed by atoms with E-state index in [0.29, 0.717) is 5.91 Å². The Bertz CT molecular complexity index is 346. The van der Waals surface area contributed by atoms with Crippen molar-refractivity contribution in [2.75, 3.05) is 39.3 Å². The van der Waals surface area contributed by atoms with E-state index in [-0.39, 0.29) is 0 Å². The lowest BCUT2D eigenvalue weighted by atomic mass is 10.1.